The number of aliphatic hydroxyl groups excluding tert-OH is 1. The smallest absolute Gasteiger partial charge is 0.251 e. The maximum absolute atomic E-state index is 12.5. The molecule has 1 atom stereocenters. The lowest BCUT2D eigenvalue weighted by molar-refractivity contribution is -0.113. The lowest BCUT2D eigenvalue weighted by Gasteiger charge is -2.16. The van der Waals surface area contributed by atoms with Crippen molar-refractivity contribution >= 4 is 29.3 Å². The topological polar surface area (TPSA) is 118 Å². The summed E-state index contributed by atoms with van der Waals surface area (Å²) < 4.78 is 6.75. The van der Waals surface area contributed by atoms with Crippen LogP contribution < -0.4 is 15.4 Å². The fraction of sp³-hybridized carbons (Fsp3) is 0.273. The molecule has 0 fully saturated rings. The second-order valence-corrected chi connectivity index (χ2v) is 7.93. The number of nitrogens with zero attached hydrogens (tertiary/aromatic N) is 3. The van der Waals surface area contributed by atoms with Gasteiger partial charge < -0.3 is 25.0 Å². The molecule has 2 amide bonds. The summed E-state index contributed by atoms with van der Waals surface area (Å²) in [7, 11) is 3.27. The molecule has 0 aliphatic heterocycles. The van der Waals surface area contributed by atoms with E-state index in [1.165, 1.54) is 11.8 Å². The number of benzene rings is 2. The third kappa shape index (κ3) is 5.65. The second kappa shape index (κ2) is 10.8. The van der Waals surface area contributed by atoms with E-state index in [0.717, 1.165) is 11.3 Å². The van der Waals surface area contributed by atoms with Crippen molar-refractivity contribution in [2.24, 2.45) is 7.05 Å². The van der Waals surface area contributed by atoms with E-state index >= 15 is 0 Å². The van der Waals surface area contributed by atoms with Crippen molar-refractivity contribution in [3.8, 4) is 5.75 Å². The van der Waals surface area contributed by atoms with E-state index < -0.39 is 6.04 Å². The lowest BCUT2D eigenvalue weighted by atomic mass is 10.2. The zero-order valence-corrected chi connectivity index (χ0v) is 18.8. The summed E-state index contributed by atoms with van der Waals surface area (Å²) >= 11 is 1.22. The van der Waals surface area contributed by atoms with Crippen molar-refractivity contribution in [3.05, 3.63) is 65.5 Å². The number of carbonyl (C=O) groups is 2. The molecule has 9 nitrogen and oxygen atoms in total. The van der Waals surface area contributed by atoms with E-state index in [1.54, 1.807) is 43.0 Å². The van der Waals surface area contributed by atoms with Crippen molar-refractivity contribution in [3.63, 3.8) is 0 Å². The number of hydrogen-bond acceptors (Lipinski definition) is 7. The van der Waals surface area contributed by atoms with Gasteiger partial charge in [-0.2, -0.15) is 0 Å². The Labute approximate surface area is 190 Å². The average molecular weight is 456 g/mol. The Balaban J connectivity index is 1.62. The van der Waals surface area contributed by atoms with Crippen molar-refractivity contribution in [2.45, 2.75) is 18.1 Å². The van der Waals surface area contributed by atoms with Crippen molar-refractivity contribution in [1.82, 2.24) is 20.1 Å². The van der Waals surface area contributed by atoms with Crippen LogP contribution in [-0.4, -0.2) is 51.2 Å². The summed E-state index contributed by atoms with van der Waals surface area (Å²) in [5, 5.41) is 24.1. The molecule has 0 spiro atoms. The monoisotopic (exact) mass is 455 g/mol. The number of aryl methyl sites for hydroxylation is 1. The van der Waals surface area contributed by atoms with Crippen LogP contribution in [-0.2, 0) is 11.8 Å². The highest BCUT2D eigenvalue weighted by atomic mass is 32.2. The number of anilines is 1. The second-order valence-electron chi connectivity index (χ2n) is 6.99. The number of thioether (sulfide) groups is 1. The van der Waals surface area contributed by atoms with Crippen LogP contribution >= 0.6 is 11.8 Å². The van der Waals surface area contributed by atoms with E-state index in [4.69, 9.17) is 4.74 Å². The SMILES string of the molecule is COc1ccc(C(=O)N[C@H](CO)c2nnc(SCC(=O)Nc3ccccc3C)n2C)cc1. The zero-order chi connectivity index (χ0) is 23.1. The standard InChI is InChI=1S/C22H25N5O4S/c1-14-6-4-5-7-17(14)23-19(29)13-32-22-26-25-20(27(22)2)18(12-28)24-21(30)15-8-10-16(31-3)11-9-15/h4-11,18,28H,12-13H2,1-3H3,(H,23,29)(H,24,30)/t18-/m1/s1. The third-order valence-electron chi connectivity index (χ3n) is 4.77. The van der Waals surface area contributed by atoms with Crippen LogP contribution in [0.25, 0.3) is 0 Å². The van der Waals surface area contributed by atoms with Crippen LogP contribution in [0, 0.1) is 6.92 Å². The molecule has 0 aliphatic carbocycles. The Hall–Kier alpha value is -3.37. The van der Waals surface area contributed by atoms with Crippen molar-refractivity contribution in [1.29, 1.82) is 0 Å². The number of hydrogen-bond donors (Lipinski definition) is 3. The number of nitrogens with one attached hydrogen (secondary N) is 2. The highest BCUT2D eigenvalue weighted by Gasteiger charge is 2.22. The van der Waals surface area contributed by atoms with Gasteiger partial charge in [-0.05, 0) is 42.8 Å². The number of aliphatic hydroxyl groups is 1. The van der Waals surface area contributed by atoms with E-state index in [9.17, 15) is 14.7 Å². The molecule has 0 saturated heterocycles. The minimum absolute atomic E-state index is 0.141. The molecule has 0 bridgehead atoms. The third-order valence-corrected chi connectivity index (χ3v) is 5.79. The first kappa shape index (κ1) is 23.3. The highest BCUT2D eigenvalue weighted by Crippen LogP contribution is 2.21. The molecule has 0 unspecified atom stereocenters. The summed E-state index contributed by atoms with van der Waals surface area (Å²) in [5.74, 6) is 0.641. The van der Waals surface area contributed by atoms with Gasteiger partial charge >= 0.3 is 0 Å². The molecule has 0 saturated carbocycles. The Kier molecular flexibility index (Phi) is 7.85. The van der Waals surface area contributed by atoms with Gasteiger partial charge in [0.25, 0.3) is 5.91 Å². The summed E-state index contributed by atoms with van der Waals surface area (Å²) in [6, 6.07) is 13.4. The van der Waals surface area contributed by atoms with Gasteiger partial charge in [0, 0.05) is 18.3 Å². The lowest BCUT2D eigenvalue weighted by Crippen LogP contribution is -2.32. The number of ether oxygens (including phenoxy) is 1. The fourth-order valence-electron chi connectivity index (χ4n) is 2.96. The molecule has 0 radical (unpaired) electrons. The zero-order valence-electron chi connectivity index (χ0n) is 18.0. The van der Waals surface area contributed by atoms with Gasteiger partial charge in [0.2, 0.25) is 5.91 Å². The predicted octanol–water partition coefficient (Wildman–Crippen LogP) is 2.33. The number of aromatic nitrogens is 3. The first-order chi connectivity index (χ1) is 15.4. The van der Waals surface area contributed by atoms with Crippen LogP contribution in [0.1, 0.15) is 27.8 Å². The first-order valence-corrected chi connectivity index (χ1v) is 10.8. The average Bonchev–Trinajstić information content (AvgIpc) is 3.17. The first-order valence-electron chi connectivity index (χ1n) is 9.86. The van der Waals surface area contributed by atoms with Crippen molar-refractivity contribution < 1.29 is 19.4 Å². The maximum Gasteiger partial charge on any atom is 0.251 e. The fourth-order valence-corrected chi connectivity index (χ4v) is 3.68. The summed E-state index contributed by atoms with van der Waals surface area (Å²) in [6.45, 7) is 1.57. The van der Waals surface area contributed by atoms with Crippen LogP contribution in [0.4, 0.5) is 5.69 Å². The van der Waals surface area contributed by atoms with Crippen LogP contribution in [0.5, 0.6) is 5.75 Å². The highest BCUT2D eigenvalue weighted by molar-refractivity contribution is 7.99. The number of amides is 2. The molecular weight excluding hydrogens is 430 g/mol. The Morgan fingerprint density at radius 3 is 2.53 bits per heavy atom. The molecule has 168 valence electrons. The van der Waals surface area contributed by atoms with Gasteiger partial charge in [0.05, 0.1) is 19.5 Å². The summed E-state index contributed by atoms with van der Waals surface area (Å²) in [5.41, 5.74) is 2.16. The van der Waals surface area contributed by atoms with E-state index in [-0.39, 0.29) is 24.2 Å². The van der Waals surface area contributed by atoms with Gasteiger partial charge in [-0.15, -0.1) is 10.2 Å². The molecule has 3 N–H and O–H groups in total. The Bertz CT molecular complexity index is 1080. The van der Waals surface area contributed by atoms with E-state index in [1.807, 2.05) is 31.2 Å². The van der Waals surface area contributed by atoms with E-state index in [2.05, 4.69) is 20.8 Å². The van der Waals surface area contributed by atoms with Crippen molar-refractivity contribution in [2.75, 3.05) is 24.8 Å². The minimum Gasteiger partial charge on any atom is -0.497 e. The number of para-hydroxylation sites is 1. The molecule has 3 aromatic rings. The largest absolute Gasteiger partial charge is 0.497 e. The molecule has 0 aliphatic rings. The Morgan fingerprint density at radius 2 is 1.88 bits per heavy atom. The van der Waals surface area contributed by atoms with Gasteiger partial charge in [-0.1, -0.05) is 30.0 Å². The number of rotatable bonds is 9. The molecule has 32 heavy (non-hydrogen) atoms. The van der Waals surface area contributed by atoms with Crippen LogP contribution in [0.2, 0.25) is 0 Å². The molecule has 1 heterocycles. The molecule has 1 aromatic heterocycles. The van der Waals surface area contributed by atoms with E-state index in [0.29, 0.717) is 22.3 Å². The maximum atomic E-state index is 12.5. The van der Waals surface area contributed by atoms with Gasteiger partial charge in [0.1, 0.15) is 11.8 Å². The van der Waals surface area contributed by atoms with Gasteiger partial charge in [0.15, 0.2) is 11.0 Å². The van der Waals surface area contributed by atoms with Crippen LogP contribution in [0.15, 0.2) is 53.7 Å². The molecule has 3 rings (SSSR count). The predicted molar refractivity (Wildman–Crippen MR) is 122 cm³/mol. The summed E-state index contributed by atoms with van der Waals surface area (Å²) in [6.07, 6.45) is 0. The normalized spacial score (nSPS) is 11.6. The molecular formula is C22H25N5O4S. The minimum atomic E-state index is -0.753. The van der Waals surface area contributed by atoms with Gasteiger partial charge in [-0.25, -0.2) is 0 Å². The van der Waals surface area contributed by atoms with Crippen LogP contribution in [0.3, 0.4) is 0 Å². The molecule has 2 aromatic carbocycles. The summed E-state index contributed by atoms with van der Waals surface area (Å²) in [4.78, 5) is 24.8. The van der Waals surface area contributed by atoms with Gasteiger partial charge in [-0.3, -0.25) is 9.59 Å². The number of methoxy groups -OCH3 is 1. The quantitative estimate of drug-likeness (QED) is 0.424. The Morgan fingerprint density at radius 1 is 1.16 bits per heavy atom. The number of carbonyl (C=O) groups excluding carboxylic acids is 2. The molecule has 10 heteroatoms.